The number of fused-ring (bicyclic) bond motifs is 3. The molecule has 3 aromatic rings. The molecule has 2 aromatic carbocycles. The molecule has 2 heteroatoms. The van der Waals surface area contributed by atoms with Gasteiger partial charge in [0.25, 0.3) is 0 Å². The van der Waals surface area contributed by atoms with Gasteiger partial charge in [-0.3, -0.25) is 0 Å². The molecule has 1 N–H and O–H groups in total. The second-order valence-electron chi connectivity index (χ2n) is 4.28. The number of aldehydes is 1. The molecule has 0 unspecified atom stereocenters. The average Bonchev–Trinajstić information content (AvgIpc) is 2.77. The normalized spacial score (nSPS) is 11.6. The first kappa shape index (κ1) is 10.8. The fourth-order valence-electron chi connectivity index (χ4n) is 2.23. The highest BCUT2D eigenvalue weighted by molar-refractivity contribution is 6.07. The van der Waals surface area contributed by atoms with E-state index >= 15 is 0 Å². The minimum Gasteiger partial charge on any atom is -0.355 e. The van der Waals surface area contributed by atoms with Gasteiger partial charge in [0.15, 0.2) is 0 Å². The maximum absolute atomic E-state index is 10.3. The number of aromatic nitrogens is 1. The highest BCUT2D eigenvalue weighted by Gasteiger charge is 2.02. The van der Waals surface area contributed by atoms with Gasteiger partial charge in [-0.2, -0.15) is 0 Å². The van der Waals surface area contributed by atoms with Crippen LogP contribution in [0.5, 0.6) is 0 Å². The van der Waals surface area contributed by atoms with Crippen LogP contribution < -0.4 is 0 Å². The van der Waals surface area contributed by atoms with Gasteiger partial charge in [0, 0.05) is 28.2 Å². The molecule has 88 valence electrons. The van der Waals surface area contributed by atoms with Gasteiger partial charge in [-0.1, -0.05) is 36.4 Å². The van der Waals surface area contributed by atoms with Crippen LogP contribution in [0.4, 0.5) is 0 Å². The van der Waals surface area contributed by atoms with Crippen LogP contribution in [0.15, 0.2) is 48.5 Å². The number of carbonyl (C=O) groups excluding carboxylic acids is 1. The van der Waals surface area contributed by atoms with Crippen LogP contribution in [-0.2, 0) is 4.79 Å². The molecule has 0 radical (unpaired) electrons. The molecule has 0 aliphatic rings. The van der Waals surface area contributed by atoms with Crippen molar-refractivity contribution in [1.29, 1.82) is 0 Å². The Bertz CT molecular complexity index is 737. The molecule has 3 rings (SSSR count). The van der Waals surface area contributed by atoms with E-state index in [1.54, 1.807) is 0 Å². The lowest BCUT2D eigenvalue weighted by atomic mass is 10.1. The molecule has 2 nitrogen and oxygen atoms in total. The molecule has 0 saturated carbocycles. The van der Waals surface area contributed by atoms with E-state index in [1.165, 1.54) is 10.8 Å². The summed E-state index contributed by atoms with van der Waals surface area (Å²) in [5.41, 5.74) is 3.42. The number of benzene rings is 2. The summed E-state index contributed by atoms with van der Waals surface area (Å²) in [6.45, 7) is 0. The van der Waals surface area contributed by atoms with Crippen LogP contribution in [0, 0.1) is 0 Å². The largest absolute Gasteiger partial charge is 0.355 e. The van der Waals surface area contributed by atoms with E-state index in [1.807, 2.05) is 24.3 Å². The Balaban J connectivity index is 2.15. The summed E-state index contributed by atoms with van der Waals surface area (Å²) in [6, 6.07) is 14.6. The first-order chi connectivity index (χ1) is 8.88. The van der Waals surface area contributed by atoms with Crippen molar-refractivity contribution in [3.8, 4) is 0 Å². The van der Waals surface area contributed by atoms with Gasteiger partial charge in [0.05, 0.1) is 0 Å². The predicted molar refractivity (Wildman–Crippen MR) is 75.5 cm³/mol. The zero-order valence-corrected chi connectivity index (χ0v) is 9.89. The zero-order valence-electron chi connectivity index (χ0n) is 9.89. The van der Waals surface area contributed by atoms with Crippen molar-refractivity contribution in [1.82, 2.24) is 4.98 Å². The molecule has 0 amide bonds. The Hall–Kier alpha value is -2.35. The van der Waals surface area contributed by atoms with Crippen molar-refractivity contribution in [2.45, 2.75) is 6.42 Å². The van der Waals surface area contributed by atoms with Crippen LogP contribution in [0.25, 0.3) is 27.9 Å². The van der Waals surface area contributed by atoms with E-state index < -0.39 is 0 Å². The molecular formula is C16H13NO. The van der Waals surface area contributed by atoms with Crippen molar-refractivity contribution >= 4 is 34.2 Å². The average molecular weight is 235 g/mol. The quantitative estimate of drug-likeness (QED) is 0.686. The second kappa shape index (κ2) is 4.49. The van der Waals surface area contributed by atoms with Crippen LogP contribution in [-0.4, -0.2) is 11.3 Å². The minimum atomic E-state index is 0.464. The molecule has 0 saturated heterocycles. The molecule has 1 aromatic heterocycles. The van der Waals surface area contributed by atoms with Gasteiger partial charge in [-0.25, -0.2) is 0 Å². The molecule has 0 aliphatic heterocycles. The van der Waals surface area contributed by atoms with Crippen LogP contribution in [0.1, 0.15) is 12.0 Å². The molecular weight excluding hydrogens is 222 g/mol. The molecule has 0 aliphatic carbocycles. The number of aromatic amines is 1. The van der Waals surface area contributed by atoms with E-state index in [0.717, 1.165) is 22.9 Å². The lowest BCUT2D eigenvalue weighted by molar-refractivity contribution is -0.107. The monoisotopic (exact) mass is 235 g/mol. The topological polar surface area (TPSA) is 32.9 Å². The number of allylic oxidation sites excluding steroid dienone is 1. The Morgan fingerprint density at radius 1 is 1.00 bits per heavy atom. The Labute approximate surface area is 105 Å². The Morgan fingerprint density at radius 2 is 1.83 bits per heavy atom. The van der Waals surface area contributed by atoms with Gasteiger partial charge < -0.3 is 9.78 Å². The molecule has 18 heavy (non-hydrogen) atoms. The number of rotatable bonds is 3. The number of para-hydroxylation sites is 1. The molecule has 0 spiro atoms. The van der Waals surface area contributed by atoms with Gasteiger partial charge >= 0.3 is 0 Å². The van der Waals surface area contributed by atoms with E-state index in [2.05, 4.69) is 35.3 Å². The maximum atomic E-state index is 10.3. The molecule has 0 bridgehead atoms. The third-order valence-electron chi connectivity index (χ3n) is 3.07. The number of carbonyl (C=O) groups is 1. The third-order valence-corrected chi connectivity index (χ3v) is 3.07. The van der Waals surface area contributed by atoms with Gasteiger partial charge in [0.2, 0.25) is 0 Å². The van der Waals surface area contributed by atoms with E-state index in [9.17, 15) is 4.79 Å². The van der Waals surface area contributed by atoms with Crippen LogP contribution in [0.3, 0.4) is 0 Å². The Morgan fingerprint density at radius 3 is 2.72 bits per heavy atom. The Kier molecular flexibility index (Phi) is 2.69. The first-order valence-electron chi connectivity index (χ1n) is 5.99. The summed E-state index contributed by atoms with van der Waals surface area (Å²) in [7, 11) is 0. The summed E-state index contributed by atoms with van der Waals surface area (Å²) >= 11 is 0. The van der Waals surface area contributed by atoms with Crippen LogP contribution in [0.2, 0.25) is 0 Å². The highest BCUT2D eigenvalue weighted by Crippen LogP contribution is 2.26. The number of H-pyrrole nitrogens is 1. The lowest BCUT2D eigenvalue weighted by Gasteiger charge is -1.95. The summed E-state index contributed by atoms with van der Waals surface area (Å²) < 4.78 is 0. The van der Waals surface area contributed by atoms with Crippen molar-refractivity contribution < 1.29 is 4.79 Å². The van der Waals surface area contributed by atoms with E-state index in [0.29, 0.717) is 6.42 Å². The number of hydrogen-bond donors (Lipinski definition) is 1. The molecule has 1 heterocycles. The van der Waals surface area contributed by atoms with E-state index in [-0.39, 0.29) is 0 Å². The zero-order chi connectivity index (χ0) is 12.4. The van der Waals surface area contributed by atoms with Gasteiger partial charge in [0.1, 0.15) is 6.29 Å². The predicted octanol–water partition coefficient (Wildman–Crippen LogP) is 3.92. The van der Waals surface area contributed by atoms with Gasteiger partial charge in [-0.15, -0.1) is 0 Å². The van der Waals surface area contributed by atoms with E-state index in [4.69, 9.17) is 0 Å². The fraction of sp³-hybridized carbons (Fsp3) is 0.0625. The van der Waals surface area contributed by atoms with Crippen molar-refractivity contribution in [2.24, 2.45) is 0 Å². The summed E-state index contributed by atoms with van der Waals surface area (Å²) in [6.07, 6.45) is 5.23. The smallest absolute Gasteiger partial charge is 0.123 e. The first-order valence-corrected chi connectivity index (χ1v) is 5.99. The highest BCUT2D eigenvalue weighted by atomic mass is 16.1. The standard InChI is InChI=1S/C16H13NO/c18-10-4-3-5-12-8-9-16-14(11-12)13-6-1-2-7-15(13)17-16/h1-3,5-11,17H,4H2. The van der Waals surface area contributed by atoms with Crippen LogP contribution >= 0.6 is 0 Å². The number of hydrogen-bond acceptors (Lipinski definition) is 1. The second-order valence-corrected chi connectivity index (χ2v) is 4.28. The SMILES string of the molecule is O=CCC=Cc1ccc2[nH]c3ccccc3c2c1. The van der Waals surface area contributed by atoms with Gasteiger partial charge in [-0.05, 0) is 23.8 Å². The summed E-state index contributed by atoms with van der Waals surface area (Å²) in [4.78, 5) is 13.7. The third kappa shape index (κ3) is 1.82. The minimum absolute atomic E-state index is 0.464. The number of nitrogens with one attached hydrogen (secondary N) is 1. The fourth-order valence-corrected chi connectivity index (χ4v) is 2.23. The maximum Gasteiger partial charge on any atom is 0.123 e. The molecule has 0 atom stereocenters. The van der Waals surface area contributed by atoms with Crippen molar-refractivity contribution in [2.75, 3.05) is 0 Å². The summed E-state index contributed by atoms with van der Waals surface area (Å²) in [5.74, 6) is 0. The molecule has 0 fully saturated rings. The lowest BCUT2D eigenvalue weighted by Crippen LogP contribution is -1.73. The summed E-state index contributed by atoms with van der Waals surface area (Å²) in [5, 5.41) is 2.46. The van der Waals surface area contributed by atoms with Crippen molar-refractivity contribution in [3.63, 3.8) is 0 Å². The van der Waals surface area contributed by atoms with Crippen molar-refractivity contribution in [3.05, 3.63) is 54.1 Å².